The minimum absolute atomic E-state index is 0.127. The lowest BCUT2D eigenvalue weighted by Crippen LogP contribution is -2.26. The van der Waals surface area contributed by atoms with E-state index in [4.69, 9.17) is 9.78 Å². The first-order valence-corrected chi connectivity index (χ1v) is 9.62. The van der Waals surface area contributed by atoms with Crippen molar-refractivity contribution in [1.82, 2.24) is 0 Å². The summed E-state index contributed by atoms with van der Waals surface area (Å²) in [5.41, 5.74) is 1.22. The van der Waals surface area contributed by atoms with Gasteiger partial charge in [0.15, 0.2) is 0 Å². The molecular weight excluding hydrogens is 216 g/mol. The van der Waals surface area contributed by atoms with E-state index in [2.05, 4.69) is 31.8 Å². The molecule has 0 aromatic heterocycles. The minimum Gasteiger partial charge on any atom is -0.233 e. The lowest BCUT2D eigenvalue weighted by molar-refractivity contribution is -0.295. The molecule has 0 amide bonds. The SMILES string of the molecule is C[Si](C)(C)C[C@@H]1C[C@H](c2ccccc2)OO1. The Hall–Kier alpha value is -0.643. The topological polar surface area (TPSA) is 18.5 Å². The molecule has 0 radical (unpaired) electrons. The van der Waals surface area contributed by atoms with Gasteiger partial charge in [-0.25, -0.2) is 9.78 Å². The molecule has 0 unspecified atom stereocenters. The fourth-order valence-corrected chi connectivity index (χ4v) is 3.72. The Morgan fingerprint density at radius 2 is 1.81 bits per heavy atom. The van der Waals surface area contributed by atoms with Gasteiger partial charge in [0.2, 0.25) is 0 Å². The summed E-state index contributed by atoms with van der Waals surface area (Å²) in [6, 6.07) is 11.5. The van der Waals surface area contributed by atoms with E-state index >= 15 is 0 Å². The second kappa shape index (κ2) is 4.70. The van der Waals surface area contributed by atoms with Crippen LogP contribution in [0.3, 0.4) is 0 Å². The predicted molar refractivity (Wildman–Crippen MR) is 67.9 cm³/mol. The van der Waals surface area contributed by atoms with Gasteiger partial charge < -0.3 is 0 Å². The lowest BCUT2D eigenvalue weighted by Gasteiger charge is -2.18. The van der Waals surface area contributed by atoms with Gasteiger partial charge in [-0.3, -0.25) is 0 Å². The maximum atomic E-state index is 5.43. The van der Waals surface area contributed by atoms with E-state index in [-0.39, 0.29) is 12.2 Å². The Morgan fingerprint density at radius 3 is 2.44 bits per heavy atom. The monoisotopic (exact) mass is 236 g/mol. The lowest BCUT2D eigenvalue weighted by atomic mass is 10.1. The van der Waals surface area contributed by atoms with E-state index < -0.39 is 8.07 Å². The number of hydrogen-bond acceptors (Lipinski definition) is 2. The van der Waals surface area contributed by atoms with Crippen LogP contribution in [-0.2, 0) is 9.78 Å². The number of rotatable bonds is 3. The normalized spacial score (nSPS) is 25.9. The second-order valence-electron chi connectivity index (χ2n) is 5.71. The summed E-state index contributed by atoms with van der Waals surface area (Å²) in [5.74, 6) is 0. The van der Waals surface area contributed by atoms with E-state index in [0.717, 1.165) is 6.42 Å². The quantitative estimate of drug-likeness (QED) is 0.587. The first kappa shape index (κ1) is 11.8. The van der Waals surface area contributed by atoms with Crippen LogP contribution in [0.2, 0.25) is 25.7 Å². The Balaban J connectivity index is 1.94. The predicted octanol–water partition coefficient (Wildman–Crippen LogP) is 3.79. The maximum absolute atomic E-state index is 5.43. The van der Waals surface area contributed by atoms with Crippen LogP contribution in [0.4, 0.5) is 0 Å². The standard InChI is InChI=1S/C13H20O2Si/c1-16(2,3)10-12-9-13(15-14-12)11-7-5-4-6-8-11/h4-8,12-13H,9-10H2,1-3H3/t12-,13+/m0/s1. The highest BCUT2D eigenvalue weighted by molar-refractivity contribution is 6.76. The minimum atomic E-state index is -1.06. The summed E-state index contributed by atoms with van der Waals surface area (Å²) < 4.78 is 0. The molecule has 0 N–H and O–H groups in total. The van der Waals surface area contributed by atoms with Gasteiger partial charge in [0.1, 0.15) is 6.10 Å². The van der Waals surface area contributed by atoms with Crippen LogP contribution in [0, 0.1) is 0 Å². The molecule has 0 bridgehead atoms. The summed E-state index contributed by atoms with van der Waals surface area (Å²) >= 11 is 0. The van der Waals surface area contributed by atoms with E-state index in [1.54, 1.807) is 0 Å². The summed E-state index contributed by atoms with van der Waals surface area (Å²) in [6.45, 7) is 7.10. The van der Waals surface area contributed by atoms with Crippen molar-refractivity contribution in [3.63, 3.8) is 0 Å². The first-order chi connectivity index (χ1) is 7.54. The summed E-state index contributed by atoms with van der Waals surface area (Å²) in [4.78, 5) is 10.9. The van der Waals surface area contributed by atoms with Gasteiger partial charge in [0.05, 0.1) is 6.10 Å². The van der Waals surface area contributed by atoms with E-state index in [1.165, 1.54) is 11.6 Å². The van der Waals surface area contributed by atoms with Crippen LogP contribution in [-0.4, -0.2) is 14.2 Å². The Kier molecular flexibility index (Phi) is 3.47. The van der Waals surface area contributed by atoms with E-state index in [1.807, 2.05) is 18.2 Å². The Labute approximate surface area is 98.5 Å². The van der Waals surface area contributed by atoms with Crippen LogP contribution in [0.1, 0.15) is 18.1 Å². The van der Waals surface area contributed by atoms with Crippen LogP contribution in [0.5, 0.6) is 0 Å². The molecule has 3 heteroatoms. The molecule has 0 saturated carbocycles. The van der Waals surface area contributed by atoms with Crippen molar-refractivity contribution in [2.45, 2.75) is 44.3 Å². The zero-order valence-corrected chi connectivity index (χ0v) is 11.3. The molecule has 1 aromatic rings. The van der Waals surface area contributed by atoms with Crippen LogP contribution in [0.25, 0.3) is 0 Å². The smallest absolute Gasteiger partial charge is 0.121 e. The first-order valence-electron chi connectivity index (χ1n) is 5.92. The molecule has 88 valence electrons. The van der Waals surface area contributed by atoms with E-state index in [0.29, 0.717) is 0 Å². The fourth-order valence-electron chi connectivity index (χ4n) is 2.12. The molecule has 1 aliphatic rings. The average Bonchev–Trinajstić information content (AvgIpc) is 2.65. The number of benzene rings is 1. The molecule has 2 atom stereocenters. The molecule has 0 aliphatic carbocycles. The summed E-state index contributed by atoms with van der Waals surface area (Å²) in [7, 11) is -1.06. The molecule has 1 aliphatic heterocycles. The Bertz CT molecular complexity index is 332. The van der Waals surface area contributed by atoms with Gasteiger partial charge in [0.25, 0.3) is 0 Å². The van der Waals surface area contributed by atoms with Crippen LogP contribution < -0.4 is 0 Å². The maximum Gasteiger partial charge on any atom is 0.121 e. The summed E-state index contributed by atoms with van der Waals surface area (Å²) in [6.07, 6.45) is 1.41. The third kappa shape index (κ3) is 3.17. The van der Waals surface area contributed by atoms with E-state index in [9.17, 15) is 0 Å². The highest BCUT2D eigenvalue weighted by Gasteiger charge is 2.32. The van der Waals surface area contributed by atoms with Crippen molar-refractivity contribution in [1.29, 1.82) is 0 Å². The third-order valence-corrected chi connectivity index (χ3v) is 4.48. The second-order valence-corrected chi connectivity index (χ2v) is 11.2. The van der Waals surface area contributed by atoms with Gasteiger partial charge in [0, 0.05) is 14.5 Å². The molecule has 1 aromatic carbocycles. The molecule has 2 nitrogen and oxygen atoms in total. The van der Waals surface area contributed by atoms with Crippen LogP contribution >= 0.6 is 0 Å². The molecule has 1 saturated heterocycles. The van der Waals surface area contributed by atoms with Gasteiger partial charge in [-0.2, -0.15) is 0 Å². The highest BCUT2D eigenvalue weighted by Crippen LogP contribution is 2.34. The van der Waals surface area contributed by atoms with Crippen LogP contribution in [0.15, 0.2) is 30.3 Å². The molecule has 16 heavy (non-hydrogen) atoms. The highest BCUT2D eigenvalue weighted by atomic mass is 28.3. The Morgan fingerprint density at radius 1 is 1.12 bits per heavy atom. The molecular formula is C13H20O2Si. The van der Waals surface area contributed by atoms with Crippen molar-refractivity contribution in [3.05, 3.63) is 35.9 Å². The molecule has 0 spiro atoms. The molecule has 1 fully saturated rings. The van der Waals surface area contributed by atoms with Crippen molar-refractivity contribution in [3.8, 4) is 0 Å². The third-order valence-electron chi connectivity index (χ3n) is 2.80. The molecule has 1 heterocycles. The van der Waals surface area contributed by atoms with Gasteiger partial charge >= 0.3 is 0 Å². The van der Waals surface area contributed by atoms with Crippen molar-refractivity contribution in [2.75, 3.05) is 0 Å². The largest absolute Gasteiger partial charge is 0.233 e. The zero-order valence-electron chi connectivity index (χ0n) is 10.3. The van der Waals surface area contributed by atoms with Crippen molar-refractivity contribution in [2.24, 2.45) is 0 Å². The van der Waals surface area contributed by atoms with Crippen molar-refractivity contribution >= 4 is 8.07 Å². The zero-order chi connectivity index (χ0) is 11.6. The summed E-state index contributed by atoms with van der Waals surface area (Å²) in [5, 5.41) is 0. The van der Waals surface area contributed by atoms with Gasteiger partial charge in [-0.05, 0) is 11.6 Å². The number of hydrogen-bond donors (Lipinski definition) is 0. The van der Waals surface area contributed by atoms with Crippen molar-refractivity contribution < 1.29 is 9.78 Å². The van der Waals surface area contributed by atoms with Gasteiger partial charge in [-0.15, -0.1) is 0 Å². The molecule has 2 rings (SSSR count). The average molecular weight is 236 g/mol. The van der Waals surface area contributed by atoms with Gasteiger partial charge in [-0.1, -0.05) is 50.0 Å². The fraction of sp³-hybridized carbons (Fsp3) is 0.538.